The molecule has 0 aliphatic carbocycles. The van der Waals surface area contributed by atoms with Crippen LogP contribution in [-0.2, 0) is 16.4 Å². The summed E-state index contributed by atoms with van der Waals surface area (Å²) in [5, 5.41) is 7.10. The molecule has 1 aromatic carbocycles. The highest BCUT2D eigenvalue weighted by Gasteiger charge is 2.26. The van der Waals surface area contributed by atoms with Crippen molar-refractivity contribution >= 4 is 10.0 Å². The maximum Gasteiger partial charge on any atom is 0.257 e. The van der Waals surface area contributed by atoms with Crippen LogP contribution in [0.2, 0.25) is 0 Å². The predicted molar refractivity (Wildman–Crippen MR) is 94.6 cm³/mol. The molecule has 1 atom stereocenters. The van der Waals surface area contributed by atoms with Gasteiger partial charge in [-0.15, -0.1) is 0 Å². The molecule has 0 amide bonds. The second kappa shape index (κ2) is 7.63. The fourth-order valence-electron chi connectivity index (χ4n) is 2.87. The van der Waals surface area contributed by atoms with Crippen LogP contribution in [0.3, 0.4) is 0 Å². The summed E-state index contributed by atoms with van der Waals surface area (Å²) in [5.41, 5.74) is 0.619. The van der Waals surface area contributed by atoms with Crippen LogP contribution in [0, 0.1) is 0 Å². The molecule has 25 heavy (non-hydrogen) atoms. The summed E-state index contributed by atoms with van der Waals surface area (Å²) >= 11 is 0. The number of nitrogens with zero attached hydrogens (tertiary/aromatic N) is 3. The van der Waals surface area contributed by atoms with Gasteiger partial charge in [0.1, 0.15) is 0 Å². The van der Waals surface area contributed by atoms with Gasteiger partial charge in [-0.05, 0) is 45.0 Å². The minimum Gasteiger partial charge on any atom is -0.334 e. The average Bonchev–Trinajstić information content (AvgIpc) is 3.11. The topological polar surface area (TPSA) is 88.3 Å². The zero-order valence-corrected chi connectivity index (χ0v) is 15.4. The zero-order chi connectivity index (χ0) is 17.9. The van der Waals surface area contributed by atoms with Crippen molar-refractivity contribution in [1.29, 1.82) is 0 Å². The maximum atomic E-state index is 12.8. The van der Waals surface area contributed by atoms with E-state index in [2.05, 4.69) is 15.5 Å². The largest absolute Gasteiger partial charge is 0.334 e. The second-order valence-corrected chi connectivity index (χ2v) is 8.34. The Hall–Kier alpha value is -1.77. The third kappa shape index (κ3) is 4.08. The van der Waals surface area contributed by atoms with Crippen molar-refractivity contribution < 1.29 is 12.9 Å². The van der Waals surface area contributed by atoms with Crippen molar-refractivity contribution in [3.05, 3.63) is 30.1 Å². The Balaban J connectivity index is 1.84. The average molecular weight is 364 g/mol. The van der Waals surface area contributed by atoms with Crippen LogP contribution in [0.5, 0.6) is 0 Å². The summed E-state index contributed by atoms with van der Waals surface area (Å²) in [5.74, 6) is 0.940. The monoisotopic (exact) mass is 364 g/mol. The van der Waals surface area contributed by atoms with E-state index < -0.39 is 10.0 Å². The standard InChI is InChI=1S/C17H24N4O3S/c1-13(18-2)11-16-19-17(24-20-16)14-7-6-8-15(12-14)25(22,23)21-9-4-3-5-10-21/h6-8,12-13,18H,3-5,9-11H2,1-2H3. The maximum absolute atomic E-state index is 12.8. The van der Waals surface area contributed by atoms with Gasteiger partial charge in [-0.1, -0.05) is 17.6 Å². The Morgan fingerprint density at radius 1 is 1.28 bits per heavy atom. The third-order valence-corrected chi connectivity index (χ3v) is 6.38. The van der Waals surface area contributed by atoms with Crippen molar-refractivity contribution in [2.75, 3.05) is 20.1 Å². The molecule has 1 fully saturated rings. The molecule has 1 unspecified atom stereocenters. The van der Waals surface area contributed by atoms with E-state index in [4.69, 9.17) is 4.52 Å². The molecule has 1 aromatic heterocycles. The van der Waals surface area contributed by atoms with E-state index in [0.717, 1.165) is 19.3 Å². The fourth-order valence-corrected chi connectivity index (χ4v) is 4.44. The number of likely N-dealkylation sites (N-methyl/N-ethyl adjacent to an activating group) is 1. The molecule has 8 heteroatoms. The number of benzene rings is 1. The highest BCUT2D eigenvalue weighted by Crippen LogP contribution is 2.25. The first kappa shape index (κ1) is 18.0. The number of nitrogens with one attached hydrogen (secondary N) is 1. The van der Waals surface area contributed by atoms with Crippen molar-refractivity contribution in [3.63, 3.8) is 0 Å². The first-order valence-corrected chi connectivity index (χ1v) is 10.0. The van der Waals surface area contributed by atoms with Crippen molar-refractivity contribution in [2.45, 2.75) is 43.5 Å². The SMILES string of the molecule is CNC(C)Cc1noc(-c2cccc(S(=O)(=O)N3CCCCC3)c2)n1. The molecular formula is C17H24N4O3S. The fraction of sp³-hybridized carbons (Fsp3) is 0.529. The van der Waals surface area contributed by atoms with Crippen LogP contribution < -0.4 is 5.32 Å². The van der Waals surface area contributed by atoms with Gasteiger partial charge in [0.25, 0.3) is 5.89 Å². The van der Waals surface area contributed by atoms with Gasteiger partial charge in [0.2, 0.25) is 10.0 Å². The lowest BCUT2D eigenvalue weighted by Gasteiger charge is -2.25. The van der Waals surface area contributed by atoms with Crippen molar-refractivity contribution in [2.24, 2.45) is 0 Å². The van der Waals surface area contributed by atoms with Crippen LogP contribution in [0.25, 0.3) is 11.5 Å². The zero-order valence-electron chi connectivity index (χ0n) is 14.6. The molecular weight excluding hydrogens is 340 g/mol. The van der Waals surface area contributed by atoms with E-state index in [-0.39, 0.29) is 10.9 Å². The molecule has 1 N–H and O–H groups in total. The normalized spacial score (nSPS) is 17.5. The molecule has 7 nitrogen and oxygen atoms in total. The van der Waals surface area contributed by atoms with Gasteiger partial charge in [0.05, 0.1) is 4.90 Å². The Kier molecular flexibility index (Phi) is 5.51. The van der Waals surface area contributed by atoms with Gasteiger partial charge in [-0.3, -0.25) is 0 Å². The Morgan fingerprint density at radius 3 is 2.76 bits per heavy atom. The van der Waals surface area contributed by atoms with E-state index >= 15 is 0 Å². The Morgan fingerprint density at radius 2 is 2.04 bits per heavy atom. The quantitative estimate of drug-likeness (QED) is 0.844. The van der Waals surface area contributed by atoms with Gasteiger partial charge in [-0.2, -0.15) is 9.29 Å². The molecule has 0 bridgehead atoms. The van der Waals surface area contributed by atoms with E-state index in [1.54, 1.807) is 28.6 Å². The number of rotatable bonds is 6. The second-order valence-electron chi connectivity index (χ2n) is 6.40. The number of aromatic nitrogens is 2. The Labute approximate surface area is 148 Å². The lowest BCUT2D eigenvalue weighted by Crippen LogP contribution is -2.35. The molecule has 2 heterocycles. The Bertz CT molecular complexity index is 813. The van der Waals surface area contributed by atoms with E-state index in [1.165, 1.54) is 0 Å². The van der Waals surface area contributed by atoms with Gasteiger partial charge < -0.3 is 9.84 Å². The smallest absolute Gasteiger partial charge is 0.257 e. The molecule has 0 spiro atoms. The first-order valence-electron chi connectivity index (χ1n) is 8.61. The summed E-state index contributed by atoms with van der Waals surface area (Å²) in [4.78, 5) is 4.65. The summed E-state index contributed by atoms with van der Waals surface area (Å²) in [7, 11) is -1.60. The summed E-state index contributed by atoms with van der Waals surface area (Å²) in [6.45, 7) is 3.19. The van der Waals surface area contributed by atoms with E-state index in [9.17, 15) is 8.42 Å². The van der Waals surface area contributed by atoms with Gasteiger partial charge in [0.15, 0.2) is 5.82 Å². The minimum absolute atomic E-state index is 0.233. The lowest BCUT2D eigenvalue weighted by molar-refractivity contribution is 0.346. The summed E-state index contributed by atoms with van der Waals surface area (Å²) in [6, 6.07) is 6.97. The highest BCUT2D eigenvalue weighted by molar-refractivity contribution is 7.89. The first-order chi connectivity index (χ1) is 12.0. The predicted octanol–water partition coefficient (Wildman–Crippen LogP) is 2.06. The molecule has 1 aliphatic heterocycles. The molecule has 0 saturated carbocycles. The highest BCUT2D eigenvalue weighted by atomic mass is 32.2. The summed E-state index contributed by atoms with van der Waals surface area (Å²) in [6.07, 6.45) is 3.55. The molecule has 136 valence electrons. The molecule has 3 rings (SSSR count). The van der Waals surface area contributed by atoms with Crippen LogP contribution in [-0.4, -0.2) is 49.0 Å². The third-order valence-electron chi connectivity index (χ3n) is 4.48. The van der Waals surface area contributed by atoms with Gasteiger partial charge >= 0.3 is 0 Å². The van der Waals surface area contributed by atoms with Crippen LogP contribution >= 0.6 is 0 Å². The van der Waals surface area contributed by atoms with Crippen LogP contribution in [0.15, 0.2) is 33.7 Å². The number of sulfonamides is 1. The molecule has 2 aromatic rings. The van der Waals surface area contributed by atoms with Crippen LogP contribution in [0.4, 0.5) is 0 Å². The summed E-state index contributed by atoms with van der Waals surface area (Å²) < 4.78 is 32.5. The number of hydrogen-bond donors (Lipinski definition) is 1. The van der Waals surface area contributed by atoms with E-state index in [0.29, 0.717) is 36.8 Å². The van der Waals surface area contributed by atoms with Gasteiger partial charge in [0, 0.05) is 31.1 Å². The number of hydrogen-bond acceptors (Lipinski definition) is 6. The molecule has 1 aliphatic rings. The van der Waals surface area contributed by atoms with Crippen molar-refractivity contribution in [1.82, 2.24) is 19.8 Å². The molecule has 1 saturated heterocycles. The van der Waals surface area contributed by atoms with E-state index in [1.807, 2.05) is 14.0 Å². The van der Waals surface area contributed by atoms with Gasteiger partial charge in [-0.25, -0.2) is 8.42 Å². The van der Waals surface area contributed by atoms with Crippen LogP contribution in [0.1, 0.15) is 32.0 Å². The van der Waals surface area contributed by atoms with Crippen molar-refractivity contribution in [3.8, 4) is 11.5 Å². The molecule has 0 radical (unpaired) electrons. The minimum atomic E-state index is -3.48. The lowest BCUT2D eigenvalue weighted by atomic mass is 10.2. The number of piperidine rings is 1.